The lowest BCUT2D eigenvalue weighted by Crippen LogP contribution is -2.19. The number of ether oxygens (including phenoxy) is 1. The van der Waals surface area contributed by atoms with Crippen molar-refractivity contribution in [3.63, 3.8) is 0 Å². The average molecular weight is 335 g/mol. The van der Waals surface area contributed by atoms with E-state index in [1.54, 1.807) is 31.2 Å². The number of para-hydroxylation sites is 2. The number of methoxy groups -OCH3 is 1. The van der Waals surface area contributed by atoms with Gasteiger partial charge in [-0.25, -0.2) is 5.43 Å². The van der Waals surface area contributed by atoms with Gasteiger partial charge in [-0.3, -0.25) is 9.78 Å². The van der Waals surface area contributed by atoms with Crippen LogP contribution in [0.25, 0.3) is 10.9 Å². The van der Waals surface area contributed by atoms with Crippen LogP contribution in [0.4, 0.5) is 0 Å². The number of hydrazone groups is 1. The van der Waals surface area contributed by atoms with Gasteiger partial charge in [0.25, 0.3) is 5.91 Å². The molecule has 0 bridgehead atoms. The van der Waals surface area contributed by atoms with Gasteiger partial charge in [-0.2, -0.15) is 5.10 Å². The Balaban J connectivity index is 1.80. The minimum atomic E-state index is -0.366. The van der Waals surface area contributed by atoms with Gasteiger partial charge in [-0.05, 0) is 31.2 Å². The monoisotopic (exact) mass is 335 g/mol. The van der Waals surface area contributed by atoms with Crippen LogP contribution in [0.2, 0.25) is 0 Å². The number of phenolic OH excluding ortho intramolecular Hbond substituents is 1. The second-order valence-electron chi connectivity index (χ2n) is 5.41. The minimum Gasteiger partial charge on any atom is -0.504 e. The maximum Gasteiger partial charge on any atom is 0.273 e. The van der Waals surface area contributed by atoms with Crippen LogP contribution in [0.5, 0.6) is 11.5 Å². The predicted molar refractivity (Wildman–Crippen MR) is 96.2 cm³/mol. The molecule has 0 fully saturated rings. The zero-order valence-corrected chi connectivity index (χ0v) is 13.9. The molecule has 3 rings (SSSR count). The number of benzene rings is 2. The lowest BCUT2D eigenvalue weighted by molar-refractivity contribution is 0.0954. The third kappa shape index (κ3) is 3.42. The summed E-state index contributed by atoms with van der Waals surface area (Å²) < 4.78 is 5.03. The zero-order chi connectivity index (χ0) is 17.8. The molecule has 0 saturated heterocycles. The van der Waals surface area contributed by atoms with Gasteiger partial charge in [0.05, 0.1) is 30.1 Å². The summed E-state index contributed by atoms with van der Waals surface area (Å²) in [4.78, 5) is 16.8. The number of carbonyl (C=O) groups excluding carboxylic acids is 1. The van der Waals surface area contributed by atoms with E-state index in [-0.39, 0.29) is 11.7 Å². The van der Waals surface area contributed by atoms with Crippen LogP contribution in [0.15, 0.2) is 53.6 Å². The number of fused-ring (bicyclic) bond motifs is 1. The first kappa shape index (κ1) is 16.4. The van der Waals surface area contributed by atoms with Gasteiger partial charge in [0, 0.05) is 10.9 Å². The molecule has 2 N–H and O–H groups in total. The van der Waals surface area contributed by atoms with Crippen LogP contribution in [-0.2, 0) is 0 Å². The Labute approximate surface area is 144 Å². The quantitative estimate of drug-likeness (QED) is 0.567. The molecule has 3 aromatic rings. The number of carbonyl (C=O) groups is 1. The standard InChI is InChI=1S/C19H17N3O3/c1-12-15(10-13-6-3-4-8-16(13)21-12)19(24)22-20-11-14-7-5-9-17(25-2)18(14)23/h3-11,23H,1-2H3,(H,22,24). The normalized spacial score (nSPS) is 11.0. The van der Waals surface area contributed by atoms with Crippen LogP contribution in [0, 0.1) is 6.92 Å². The number of aromatic nitrogens is 1. The molecule has 0 radical (unpaired) electrons. The molecular formula is C19H17N3O3. The fourth-order valence-electron chi connectivity index (χ4n) is 2.47. The number of hydrogen-bond donors (Lipinski definition) is 2. The second kappa shape index (κ2) is 7.00. The highest BCUT2D eigenvalue weighted by Gasteiger charge is 2.11. The largest absolute Gasteiger partial charge is 0.504 e. The van der Waals surface area contributed by atoms with Gasteiger partial charge in [-0.1, -0.05) is 24.3 Å². The Kier molecular flexibility index (Phi) is 4.61. The molecule has 0 spiro atoms. The lowest BCUT2D eigenvalue weighted by atomic mass is 10.1. The molecule has 0 aliphatic rings. The van der Waals surface area contributed by atoms with Crippen LogP contribution in [-0.4, -0.2) is 29.3 Å². The number of amides is 1. The van der Waals surface area contributed by atoms with Crippen molar-refractivity contribution >= 4 is 23.0 Å². The molecule has 1 heterocycles. The predicted octanol–water partition coefficient (Wildman–Crippen LogP) is 3.02. The van der Waals surface area contributed by atoms with Gasteiger partial charge in [0.2, 0.25) is 0 Å². The van der Waals surface area contributed by atoms with Crippen molar-refractivity contribution in [1.29, 1.82) is 0 Å². The number of aryl methyl sites for hydroxylation is 1. The zero-order valence-electron chi connectivity index (χ0n) is 13.9. The van der Waals surface area contributed by atoms with Crippen LogP contribution < -0.4 is 10.2 Å². The summed E-state index contributed by atoms with van der Waals surface area (Å²) in [5.74, 6) is -0.0641. The van der Waals surface area contributed by atoms with Gasteiger partial charge in [-0.15, -0.1) is 0 Å². The molecule has 1 aromatic heterocycles. The first-order valence-corrected chi connectivity index (χ1v) is 7.66. The third-order valence-electron chi connectivity index (χ3n) is 3.78. The van der Waals surface area contributed by atoms with Crippen molar-refractivity contribution in [3.8, 4) is 11.5 Å². The lowest BCUT2D eigenvalue weighted by Gasteiger charge is -2.07. The number of pyridine rings is 1. The fraction of sp³-hybridized carbons (Fsp3) is 0.105. The smallest absolute Gasteiger partial charge is 0.273 e. The van der Waals surface area contributed by atoms with E-state index in [4.69, 9.17) is 4.74 Å². The van der Waals surface area contributed by atoms with E-state index in [2.05, 4.69) is 15.5 Å². The molecule has 0 aliphatic heterocycles. The topological polar surface area (TPSA) is 83.8 Å². The molecule has 0 aliphatic carbocycles. The first-order chi connectivity index (χ1) is 12.1. The summed E-state index contributed by atoms with van der Waals surface area (Å²) in [7, 11) is 1.47. The van der Waals surface area contributed by atoms with Gasteiger partial charge in [0.1, 0.15) is 0 Å². The SMILES string of the molecule is COc1cccc(C=NNC(=O)c2cc3ccccc3nc2C)c1O. The molecule has 126 valence electrons. The van der Waals surface area contributed by atoms with Gasteiger partial charge in [0.15, 0.2) is 11.5 Å². The number of nitrogens with one attached hydrogen (secondary N) is 1. The van der Waals surface area contributed by atoms with Crippen molar-refractivity contribution in [2.24, 2.45) is 5.10 Å². The molecule has 2 aromatic carbocycles. The molecule has 6 heteroatoms. The van der Waals surface area contributed by atoms with E-state index < -0.39 is 0 Å². The third-order valence-corrected chi connectivity index (χ3v) is 3.78. The van der Waals surface area contributed by atoms with Gasteiger partial charge < -0.3 is 9.84 Å². The number of phenols is 1. The van der Waals surface area contributed by atoms with Crippen molar-refractivity contribution in [2.75, 3.05) is 7.11 Å². The summed E-state index contributed by atoms with van der Waals surface area (Å²) >= 11 is 0. The Morgan fingerprint density at radius 1 is 1.24 bits per heavy atom. The first-order valence-electron chi connectivity index (χ1n) is 7.66. The van der Waals surface area contributed by atoms with Gasteiger partial charge >= 0.3 is 0 Å². The van der Waals surface area contributed by atoms with Crippen molar-refractivity contribution in [3.05, 3.63) is 65.4 Å². The van der Waals surface area contributed by atoms with E-state index in [1.165, 1.54) is 13.3 Å². The average Bonchev–Trinajstić information content (AvgIpc) is 2.62. The Morgan fingerprint density at radius 3 is 2.84 bits per heavy atom. The van der Waals surface area contributed by atoms with Crippen molar-refractivity contribution < 1.29 is 14.6 Å². The molecule has 6 nitrogen and oxygen atoms in total. The molecular weight excluding hydrogens is 318 g/mol. The van der Waals surface area contributed by atoms with E-state index in [0.29, 0.717) is 22.6 Å². The van der Waals surface area contributed by atoms with Crippen LogP contribution in [0.1, 0.15) is 21.6 Å². The molecule has 1 amide bonds. The molecule has 25 heavy (non-hydrogen) atoms. The summed E-state index contributed by atoms with van der Waals surface area (Å²) in [6.45, 7) is 1.78. The van der Waals surface area contributed by atoms with Crippen LogP contribution in [0.3, 0.4) is 0 Å². The Hall–Kier alpha value is -3.41. The minimum absolute atomic E-state index is 0.0356. The molecule has 0 atom stereocenters. The Morgan fingerprint density at radius 2 is 2.04 bits per heavy atom. The van der Waals surface area contributed by atoms with E-state index in [1.807, 2.05) is 24.3 Å². The number of rotatable bonds is 4. The summed E-state index contributed by atoms with van der Waals surface area (Å²) in [5, 5.41) is 14.8. The summed E-state index contributed by atoms with van der Waals surface area (Å²) in [6.07, 6.45) is 1.36. The van der Waals surface area contributed by atoms with E-state index in [9.17, 15) is 9.90 Å². The van der Waals surface area contributed by atoms with Crippen molar-refractivity contribution in [1.82, 2.24) is 10.4 Å². The highest BCUT2D eigenvalue weighted by molar-refractivity contribution is 5.99. The van der Waals surface area contributed by atoms with E-state index >= 15 is 0 Å². The number of aromatic hydroxyl groups is 1. The maximum absolute atomic E-state index is 12.4. The number of nitrogens with zero attached hydrogens (tertiary/aromatic N) is 2. The van der Waals surface area contributed by atoms with Crippen LogP contribution >= 0.6 is 0 Å². The summed E-state index contributed by atoms with van der Waals surface area (Å²) in [5.41, 5.74) is 4.80. The highest BCUT2D eigenvalue weighted by atomic mass is 16.5. The second-order valence-corrected chi connectivity index (χ2v) is 5.41. The number of hydrogen-bond acceptors (Lipinski definition) is 5. The molecule has 0 saturated carbocycles. The molecule has 0 unspecified atom stereocenters. The summed E-state index contributed by atoms with van der Waals surface area (Å²) in [6, 6.07) is 14.4. The maximum atomic E-state index is 12.4. The van der Waals surface area contributed by atoms with E-state index in [0.717, 1.165) is 10.9 Å². The Bertz CT molecular complexity index is 967. The van der Waals surface area contributed by atoms with Crippen molar-refractivity contribution in [2.45, 2.75) is 6.92 Å². The fourth-order valence-corrected chi connectivity index (χ4v) is 2.47. The highest BCUT2D eigenvalue weighted by Crippen LogP contribution is 2.27.